The van der Waals surface area contributed by atoms with Crippen molar-refractivity contribution < 1.29 is 21.5 Å². The lowest BCUT2D eigenvalue weighted by Crippen LogP contribution is -3.00. The predicted molar refractivity (Wildman–Crippen MR) is 70.5 cm³/mol. The molecule has 90 valence electrons. The monoisotopic (exact) mass is 355 g/mol. The van der Waals surface area contributed by atoms with Gasteiger partial charge in [0.25, 0.3) is 0 Å². The number of rotatable bonds is 4. The molecule has 1 aromatic heterocycles. The third-order valence-corrected chi connectivity index (χ3v) is 3.11. The molecule has 0 radical (unpaired) electrons. The van der Waals surface area contributed by atoms with Gasteiger partial charge in [-0.05, 0) is 11.1 Å². The molecular weight excluding hydrogens is 342 g/mol. The summed E-state index contributed by atoms with van der Waals surface area (Å²) < 4.78 is 2.22. The summed E-state index contributed by atoms with van der Waals surface area (Å²) in [6.45, 7) is 1.07. The molecule has 1 heterocycles. The van der Waals surface area contributed by atoms with Crippen LogP contribution < -0.4 is 21.5 Å². The van der Waals surface area contributed by atoms with E-state index >= 15 is 0 Å². The molecule has 2 aromatic rings. The van der Waals surface area contributed by atoms with Crippen LogP contribution in [0.5, 0.6) is 0 Å². The van der Waals surface area contributed by atoms with Gasteiger partial charge in [-0.25, -0.2) is 4.57 Å². The highest BCUT2D eigenvalue weighted by Crippen LogP contribution is 2.16. The van der Waals surface area contributed by atoms with Crippen LogP contribution in [-0.2, 0) is 6.54 Å². The summed E-state index contributed by atoms with van der Waals surface area (Å²) in [6.07, 6.45) is 5.45. The van der Waals surface area contributed by atoms with Crippen LogP contribution in [-0.4, -0.2) is 5.33 Å². The van der Waals surface area contributed by atoms with E-state index < -0.39 is 0 Å². The number of hydrogen-bond donors (Lipinski definition) is 0. The van der Waals surface area contributed by atoms with E-state index in [0.29, 0.717) is 0 Å². The lowest BCUT2D eigenvalue weighted by Gasteiger charge is -2.00. The minimum absolute atomic E-state index is 0. The molecule has 2 rings (SSSR count). The summed E-state index contributed by atoms with van der Waals surface area (Å²) in [6, 6.07) is 14.8. The van der Waals surface area contributed by atoms with Gasteiger partial charge in [0.1, 0.15) is 6.54 Å². The average molecular weight is 357 g/mol. The Labute approximate surface area is 121 Å². The van der Waals surface area contributed by atoms with Crippen molar-refractivity contribution in [3.63, 3.8) is 0 Å². The third-order valence-electron chi connectivity index (χ3n) is 2.55. The van der Waals surface area contributed by atoms with E-state index in [1.807, 2.05) is 6.07 Å². The van der Waals surface area contributed by atoms with E-state index in [9.17, 15) is 0 Å². The maximum atomic E-state index is 3.44. The normalized spacial score (nSPS) is 9.71. The van der Waals surface area contributed by atoms with Crippen LogP contribution >= 0.6 is 15.9 Å². The Bertz CT molecular complexity index is 426. The van der Waals surface area contributed by atoms with Gasteiger partial charge in [-0.3, -0.25) is 0 Å². The summed E-state index contributed by atoms with van der Waals surface area (Å²) in [5.41, 5.74) is 2.55. The van der Waals surface area contributed by atoms with Crippen molar-refractivity contribution in [1.82, 2.24) is 0 Å². The van der Waals surface area contributed by atoms with Crippen molar-refractivity contribution in [2.24, 2.45) is 0 Å². The standard InChI is InChI=1S/C14H15BrN.BrH/c15-9-4-10-16-11-7-14(8-12-16)13-5-2-1-3-6-13;/h1-3,5-8,11-12H,4,9-10H2;1H/q+1;/p-1. The Balaban J connectivity index is 0.00000144. The summed E-state index contributed by atoms with van der Waals surface area (Å²) in [7, 11) is 0. The van der Waals surface area contributed by atoms with Gasteiger partial charge in [0.15, 0.2) is 12.4 Å². The van der Waals surface area contributed by atoms with Gasteiger partial charge in [0.05, 0.1) is 0 Å². The highest BCUT2D eigenvalue weighted by molar-refractivity contribution is 9.09. The largest absolute Gasteiger partial charge is 1.00 e. The minimum atomic E-state index is 0. The fraction of sp³-hybridized carbons (Fsp3) is 0.214. The fourth-order valence-electron chi connectivity index (χ4n) is 1.67. The predicted octanol–water partition coefficient (Wildman–Crippen LogP) is 0.430. The summed E-state index contributed by atoms with van der Waals surface area (Å²) >= 11 is 3.44. The molecule has 0 atom stereocenters. The van der Waals surface area contributed by atoms with Gasteiger partial charge in [0, 0.05) is 23.9 Å². The molecule has 0 aliphatic carbocycles. The van der Waals surface area contributed by atoms with Gasteiger partial charge in [-0.1, -0.05) is 46.3 Å². The molecule has 3 heteroatoms. The number of hydrogen-bond acceptors (Lipinski definition) is 0. The molecular formula is C14H15Br2N. The number of aromatic nitrogens is 1. The second kappa shape index (κ2) is 7.62. The maximum Gasteiger partial charge on any atom is 0.169 e. The lowest BCUT2D eigenvalue weighted by atomic mass is 10.1. The van der Waals surface area contributed by atoms with Gasteiger partial charge < -0.3 is 17.0 Å². The smallest absolute Gasteiger partial charge is 0.169 e. The molecule has 0 aliphatic rings. The number of benzene rings is 1. The van der Waals surface area contributed by atoms with Gasteiger partial charge in [-0.2, -0.15) is 0 Å². The number of pyridine rings is 1. The number of aryl methyl sites for hydroxylation is 1. The zero-order chi connectivity index (χ0) is 11.2. The molecule has 0 saturated carbocycles. The molecule has 0 unspecified atom stereocenters. The van der Waals surface area contributed by atoms with E-state index in [4.69, 9.17) is 0 Å². The Kier molecular flexibility index (Phi) is 6.45. The minimum Gasteiger partial charge on any atom is -1.00 e. The van der Waals surface area contributed by atoms with Crippen molar-refractivity contribution in [3.05, 3.63) is 54.9 Å². The number of alkyl halides is 1. The second-order valence-corrected chi connectivity index (χ2v) is 4.53. The van der Waals surface area contributed by atoms with Crippen LogP contribution in [0.1, 0.15) is 6.42 Å². The SMILES string of the molecule is BrCCC[n+]1ccc(-c2ccccc2)cc1.[Br-]. The maximum absolute atomic E-state index is 3.44. The van der Waals surface area contributed by atoms with Crippen LogP contribution in [0.3, 0.4) is 0 Å². The molecule has 0 fully saturated rings. The van der Waals surface area contributed by atoms with E-state index in [1.165, 1.54) is 11.1 Å². The van der Waals surface area contributed by atoms with Gasteiger partial charge >= 0.3 is 0 Å². The Morgan fingerprint density at radius 1 is 0.882 bits per heavy atom. The fourth-order valence-corrected chi connectivity index (χ4v) is 1.92. The van der Waals surface area contributed by atoms with Crippen molar-refractivity contribution in [2.45, 2.75) is 13.0 Å². The first-order valence-corrected chi connectivity index (χ1v) is 6.63. The average Bonchev–Trinajstić information content (AvgIpc) is 2.38. The summed E-state index contributed by atoms with van der Waals surface area (Å²) in [4.78, 5) is 0. The molecule has 1 aromatic carbocycles. The van der Waals surface area contributed by atoms with Crippen LogP contribution in [0.2, 0.25) is 0 Å². The van der Waals surface area contributed by atoms with Crippen LogP contribution in [0.4, 0.5) is 0 Å². The van der Waals surface area contributed by atoms with E-state index in [1.54, 1.807) is 0 Å². The summed E-state index contributed by atoms with van der Waals surface area (Å²) in [5.74, 6) is 0. The van der Waals surface area contributed by atoms with Crippen molar-refractivity contribution in [1.29, 1.82) is 0 Å². The molecule has 0 aliphatic heterocycles. The third kappa shape index (κ3) is 4.25. The molecule has 0 N–H and O–H groups in total. The van der Waals surface area contributed by atoms with E-state index in [0.717, 1.165) is 18.3 Å². The van der Waals surface area contributed by atoms with Gasteiger partial charge in [-0.15, -0.1) is 0 Å². The topological polar surface area (TPSA) is 3.88 Å². The van der Waals surface area contributed by atoms with Crippen LogP contribution in [0.25, 0.3) is 11.1 Å². The number of nitrogens with zero attached hydrogens (tertiary/aromatic N) is 1. The Morgan fingerprint density at radius 3 is 2.06 bits per heavy atom. The first kappa shape index (κ1) is 14.4. The molecule has 0 spiro atoms. The highest BCUT2D eigenvalue weighted by atomic mass is 79.9. The van der Waals surface area contributed by atoms with E-state index in [2.05, 4.69) is 69.3 Å². The van der Waals surface area contributed by atoms with Crippen molar-refractivity contribution in [2.75, 3.05) is 5.33 Å². The molecule has 1 nitrogen and oxygen atoms in total. The molecule has 0 saturated heterocycles. The molecule has 0 amide bonds. The van der Waals surface area contributed by atoms with Crippen LogP contribution in [0, 0.1) is 0 Å². The quantitative estimate of drug-likeness (QED) is 0.552. The first-order valence-electron chi connectivity index (χ1n) is 5.50. The Hall–Kier alpha value is -0.670. The van der Waals surface area contributed by atoms with Crippen molar-refractivity contribution in [3.8, 4) is 11.1 Å². The van der Waals surface area contributed by atoms with Crippen LogP contribution in [0.15, 0.2) is 54.9 Å². The zero-order valence-corrected chi connectivity index (χ0v) is 12.7. The van der Waals surface area contributed by atoms with Gasteiger partial charge in [0.2, 0.25) is 0 Å². The zero-order valence-electron chi connectivity index (χ0n) is 9.52. The first-order chi connectivity index (χ1) is 7.90. The molecule has 17 heavy (non-hydrogen) atoms. The second-order valence-electron chi connectivity index (χ2n) is 3.73. The highest BCUT2D eigenvalue weighted by Gasteiger charge is 2.01. The lowest BCUT2D eigenvalue weighted by molar-refractivity contribution is -0.696. The van der Waals surface area contributed by atoms with Crippen molar-refractivity contribution >= 4 is 15.9 Å². The van der Waals surface area contributed by atoms with E-state index in [-0.39, 0.29) is 17.0 Å². The number of halogens is 2. The molecule has 0 bridgehead atoms. The Morgan fingerprint density at radius 2 is 1.47 bits per heavy atom. The summed E-state index contributed by atoms with van der Waals surface area (Å²) in [5, 5.41) is 1.06.